The number of cyclic esters (lactones) is 1. The zero-order chi connectivity index (χ0) is 23.5. The Bertz CT molecular complexity index is 1350. The molecule has 2 aromatic heterocycles. The molecule has 6 nitrogen and oxygen atoms in total. The molecule has 3 aromatic rings. The maximum Gasteiger partial charge on any atom is 0.343 e. The molecule has 0 saturated heterocycles. The standard InChI is InChI=1S/C25H27ClN2O4Si/c1-4-25(31)17-13-19-21-16(12-15-8-5-6-9-18(15)27-21)14-28(19)22(29)20(17)23(32-24(25)30)33(2,3)11-7-10-26/h5-6,8-9,12-13,23,31H,4,7,10-11,14H2,1-3H3/t23?,25-/m0/s1. The minimum atomic E-state index is -2.24. The van der Waals surface area contributed by atoms with Crippen molar-refractivity contribution in [2.75, 3.05) is 5.88 Å². The number of halogens is 1. The third kappa shape index (κ3) is 3.28. The lowest BCUT2D eigenvalue weighted by molar-refractivity contribution is -0.174. The molecule has 2 aliphatic heterocycles. The highest BCUT2D eigenvalue weighted by Gasteiger charge is 2.52. The zero-order valence-electron chi connectivity index (χ0n) is 19.0. The van der Waals surface area contributed by atoms with E-state index in [2.05, 4.69) is 19.2 Å². The van der Waals surface area contributed by atoms with E-state index >= 15 is 0 Å². The number of para-hydroxylation sites is 1. The summed E-state index contributed by atoms with van der Waals surface area (Å²) in [6.45, 7) is 6.35. The third-order valence-corrected chi connectivity index (χ3v) is 10.9. The summed E-state index contributed by atoms with van der Waals surface area (Å²) < 4.78 is 7.57. The number of esters is 1. The highest BCUT2D eigenvalue weighted by Crippen LogP contribution is 2.45. The molecular formula is C25H27ClN2O4Si. The van der Waals surface area contributed by atoms with Crippen LogP contribution in [0.25, 0.3) is 22.3 Å². The van der Waals surface area contributed by atoms with Gasteiger partial charge in [0.25, 0.3) is 5.56 Å². The molecule has 2 aliphatic rings. The van der Waals surface area contributed by atoms with Gasteiger partial charge in [0, 0.05) is 22.4 Å². The van der Waals surface area contributed by atoms with Crippen LogP contribution in [0.2, 0.25) is 19.1 Å². The van der Waals surface area contributed by atoms with Crippen molar-refractivity contribution >= 4 is 36.5 Å². The molecule has 0 radical (unpaired) electrons. The van der Waals surface area contributed by atoms with Gasteiger partial charge >= 0.3 is 5.97 Å². The van der Waals surface area contributed by atoms with Gasteiger partial charge in [0.1, 0.15) is 13.8 Å². The van der Waals surface area contributed by atoms with E-state index in [-0.39, 0.29) is 12.0 Å². The van der Waals surface area contributed by atoms with Crippen LogP contribution in [-0.4, -0.2) is 34.6 Å². The fraction of sp³-hybridized carbons (Fsp3) is 0.400. The minimum Gasteiger partial charge on any atom is -0.459 e. The van der Waals surface area contributed by atoms with Crippen molar-refractivity contribution in [3.05, 3.63) is 63.4 Å². The predicted molar refractivity (Wildman–Crippen MR) is 131 cm³/mol. The van der Waals surface area contributed by atoms with Gasteiger partial charge in [-0.1, -0.05) is 44.3 Å². The number of fused-ring (bicyclic) bond motifs is 5. The molecule has 172 valence electrons. The Morgan fingerprint density at radius 1 is 1.27 bits per heavy atom. The van der Waals surface area contributed by atoms with E-state index in [1.54, 1.807) is 17.6 Å². The molecule has 5 rings (SSSR count). The van der Waals surface area contributed by atoms with Gasteiger partial charge in [0.15, 0.2) is 5.60 Å². The Labute approximate surface area is 198 Å². The number of carbonyl (C=O) groups excluding carboxylic acids is 1. The molecule has 1 N–H and O–H groups in total. The van der Waals surface area contributed by atoms with Gasteiger partial charge < -0.3 is 14.4 Å². The van der Waals surface area contributed by atoms with Crippen molar-refractivity contribution < 1.29 is 14.6 Å². The van der Waals surface area contributed by atoms with E-state index in [0.717, 1.165) is 34.6 Å². The predicted octanol–water partition coefficient (Wildman–Crippen LogP) is 4.50. The summed E-state index contributed by atoms with van der Waals surface area (Å²) in [6, 6.07) is 12.5. The van der Waals surface area contributed by atoms with Crippen LogP contribution in [0.15, 0.2) is 41.2 Å². The number of hydrogen-bond donors (Lipinski definition) is 1. The van der Waals surface area contributed by atoms with Crippen molar-refractivity contribution in [2.24, 2.45) is 0 Å². The number of rotatable bonds is 5. The SMILES string of the molecule is CC[C@@]1(O)C(=O)OC([Si](C)(C)CCCCl)c2c1cc1n(c2=O)Cc2cc3ccccc3nc2-1. The average Bonchev–Trinajstić information content (AvgIpc) is 3.16. The van der Waals surface area contributed by atoms with E-state index in [1.807, 2.05) is 24.3 Å². The average molecular weight is 483 g/mol. The number of aromatic nitrogens is 2. The van der Waals surface area contributed by atoms with Gasteiger partial charge in [-0.2, -0.15) is 0 Å². The fourth-order valence-electron chi connectivity index (χ4n) is 5.20. The quantitative estimate of drug-likeness (QED) is 0.257. The maximum atomic E-state index is 13.9. The molecule has 0 amide bonds. The second-order valence-electron chi connectivity index (χ2n) is 9.72. The van der Waals surface area contributed by atoms with Crippen LogP contribution in [0.4, 0.5) is 0 Å². The largest absolute Gasteiger partial charge is 0.459 e. The number of alkyl halides is 1. The van der Waals surface area contributed by atoms with Crippen LogP contribution < -0.4 is 5.56 Å². The maximum absolute atomic E-state index is 13.9. The summed E-state index contributed by atoms with van der Waals surface area (Å²) in [5.41, 5.74) is 1.26. The van der Waals surface area contributed by atoms with Crippen molar-refractivity contribution in [3.8, 4) is 11.4 Å². The highest BCUT2D eigenvalue weighted by molar-refractivity contribution is 6.78. The first-order valence-electron chi connectivity index (χ1n) is 11.4. The summed E-state index contributed by atoms with van der Waals surface area (Å²) in [7, 11) is -2.24. The lowest BCUT2D eigenvalue weighted by atomic mass is 9.86. The lowest BCUT2D eigenvalue weighted by Crippen LogP contribution is -2.52. The molecule has 0 fully saturated rings. The van der Waals surface area contributed by atoms with E-state index in [0.29, 0.717) is 29.2 Å². The smallest absolute Gasteiger partial charge is 0.343 e. The number of ether oxygens (including phenoxy) is 1. The van der Waals surface area contributed by atoms with Gasteiger partial charge in [-0.05, 0) is 31.0 Å². The monoisotopic (exact) mass is 482 g/mol. The lowest BCUT2D eigenvalue weighted by Gasteiger charge is -2.41. The van der Waals surface area contributed by atoms with Crippen LogP contribution in [0.3, 0.4) is 0 Å². The van der Waals surface area contributed by atoms with Crippen LogP contribution in [0.5, 0.6) is 0 Å². The Morgan fingerprint density at radius 3 is 2.76 bits per heavy atom. The first-order valence-corrected chi connectivity index (χ1v) is 15.2. The number of pyridine rings is 2. The van der Waals surface area contributed by atoms with Gasteiger partial charge in [0.2, 0.25) is 0 Å². The Morgan fingerprint density at radius 2 is 2.03 bits per heavy atom. The second kappa shape index (κ2) is 7.79. The van der Waals surface area contributed by atoms with Gasteiger partial charge in [-0.15, -0.1) is 11.6 Å². The summed E-state index contributed by atoms with van der Waals surface area (Å²) in [6.07, 6.45) is 0.909. The zero-order valence-corrected chi connectivity index (χ0v) is 20.8. The van der Waals surface area contributed by atoms with Gasteiger partial charge in [0.05, 0.1) is 29.0 Å². The molecule has 0 saturated carbocycles. The Balaban J connectivity index is 1.76. The number of benzene rings is 1. The topological polar surface area (TPSA) is 81.4 Å². The summed E-state index contributed by atoms with van der Waals surface area (Å²) in [4.78, 5) is 31.8. The van der Waals surface area contributed by atoms with E-state index < -0.39 is 25.4 Å². The third-order valence-electron chi connectivity index (χ3n) is 7.16. The van der Waals surface area contributed by atoms with Crippen molar-refractivity contribution in [1.29, 1.82) is 0 Å². The molecule has 0 aliphatic carbocycles. The van der Waals surface area contributed by atoms with Crippen molar-refractivity contribution in [1.82, 2.24) is 9.55 Å². The van der Waals surface area contributed by atoms with Crippen LogP contribution in [-0.2, 0) is 21.7 Å². The highest BCUT2D eigenvalue weighted by atomic mass is 35.5. The Kier molecular flexibility index (Phi) is 5.27. The molecule has 1 aromatic carbocycles. The molecule has 0 bridgehead atoms. The molecule has 2 atom stereocenters. The van der Waals surface area contributed by atoms with Crippen molar-refractivity contribution in [3.63, 3.8) is 0 Å². The summed E-state index contributed by atoms with van der Waals surface area (Å²) in [5, 5.41) is 12.4. The normalized spacial score (nSPS) is 21.5. The van der Waals surface area contributed by atoms with Crippen molar-refractivity contribution in [2.45, 2.75) is 56.8 Å². The first-order chi connectivity index (χ1) is 15.7. The number of hydrogen-bond acceptors (Lipinski definition) is 5. The number of nitrogens with zero attached hydrogens (tertiary/aromatic N) is 2. The first kappa shape index (κ1) is 22.3. The molecule has 33 heavy (non-hydrogen) atoms. The van der Waals surface area contributed by atoms with Gasteiger partial charge in [-0.25, -0.2) is 9.78 Å². The number of aliphatic hydroxyl groups is 1. The summed E-state index contributed by atoms with van der Waals surface area (Å²) in [5.74, 6) is -0.163. The molecule has 8 heteroatoms. The van der Waals surface area contributed by atoms with Gasteiger partial charge in [-0.3, -0.25) is 4.79 Å². The van der Waals surface area contributed by atoms with Crippen LogP contribution in [0, 0.1) is 0 Å². The number of carbonyl (C=O) groups is 1. The van der Waals surface area contributed by atoms with E-state index in [4.69, 9.17) is 21.3 Å². The van der Waals surface area contributed by atoms with Crippen LogP contribution in [0.1, 0.15) is 42.2 Å². The molecule has 1 unspecified atom stereocenters. The van der Waals surface area contributed by atoms with Crippen LogP contribution >= 0.6 is 11.6 Å². The second-order valence-corrected chi connectivity index (χ2v) is 15.1. The minimum absolute atomic E-state index is 0.121. The summed E-state index contributed by atoms with van der Waals surface area (Å²) >= 11 is 5.95. The molecule has 4 heterocycles. The fourth-order valence-corrected chi connectivity index (χ4v) is 8.39. The van der Waals surface area contributed by atoms with E-state index in [1.165, 1.54) is 0 Å². The molecule has 0 spiro atoms. The van der Waals surface area contributed by atoms with E-state index in [9.17, 15) is 14.7 Å². The Hall–Kier alpha value is -2.48. The molecular weight excluding hydrogens is 456 g/mol.